The van der Waals surface area contributed by atoms with E-state index in [4.69, 9.17) is 14.6 Å². The number of aliphatic hydroxyl groups is 1. The van der Waals surface area contributed by atoms with Gasteiger partial charge in [0, 0.05) is 0 Å². The van der Waals surface area contributed by atoms with Crippen molar-refractivity contribution in [2.45, 2.75) is 32.2 Å². The summed E-state index contributed by atoms with van der Waals surface area (Å²) in [5.41, 5.74) is -0.279. The Morgan fingerprint density at radius 2 is 1.78 bits per heavy atom. The molecule has 1 unspecified atom stereocenters. The van der Waals surface area contributed by atoms with Crippen LogP contribution >= 0.6 is 0 Å². The Morgan fingerprint density at radius 3 is 2.22 bits per heavy atom. The lowest BCUT2D eigenvalue weighted by molar-refractivity contribution is -0.206. The minimum atomic E-state index is -4.70. The molecule has 18 heavy (non-hydrogen) atoms. The average Bonchev–Trinajstić information content (AvgIpc) is 2.26. The molecule has 1 N–H and O–H groups in total. The first kappa shape index (κ1) is 14.6. The Bertz CT molecular complexity index is 402. The lowest BCUT2D eigenvalue weighted by Gasteiger charge is -2.18. The zero-order valence-corrected chi connectivity index (χ0v) is 10.3. The van der Waals surface area contributed by atoms with Crippen molar-refractivity contribution in [1.82, 2.24) is 0 Å². The molecule has 6 heteroatoms. The minimum absolute atomic E-state index is 0.174. The number of benzene rings is 1. The fourth-order valence-electron chi connectivity index (χ4n) is 1.40. The Morgan fingerprint density at radius 1 is 1.17 bits per heavy atom. The molecular weight excluding hydrogens is 249 g/mol. The van der Waals surface area contributed by atoms with E-state index in [1.807, 2.05) is 0 Å². The van der Waals surface area contributed by atoms with Crippen molar-refractivity contribution in [3.8, 4) is 11.5 Å². The van der Waals surface area contributed by atoms with Gasteiger partial charge in [-0.2, -0.15) is 13.2 Å². The molecule has 0 aliphatic heterocycles. The van der Waals surface area contributed by atoms with Crippen LogP contribution in [0, 0.1) is 0 Å². The highest BCUT2D eigenvalue weighted by molar-refractivity contribution is 5.44. The number of ether oxygens (including phenoxy) is 2. The molecule has 0 bridgehead atoms. The molecule has 0 radical (unpaired) electrons. The summed E-state index contributed by atoms with van der Waals surface area (Å²) in [6, 6.07) is 3.63. The molecule has 0 saturated heterocycles. The van der Waals surface area contributed by atoms with Crippen LogP contribution in [-0.4, -0.2) is 24.5 Å². The third-order valence-corrected chi connectivity index (χ3v) is 2.18. The first-order valence-corrected chi connectivity index (χ1v) is 5.35. The molecule has 0 heterocycles. The van der Waals surface area contributed by atoms with Crippen molar-refractivity contribution >= 4 is 0 Å². The Labute approximate surface area is 103 Å². The van der Waals surface area contributed by atoms with Crippen LogP contribution in [0.4, 0.5) is 13.2 Å². The molecule has 1 rings (SSSR count). The largest absolute Gasteiger partial charge is 0.493 e. The van der Waals surface area contributed by atoms with Gasteiger partial charge in [-0.15, -0.1) is 0 Å². The molecule has 1 aromatic carbocycles. The van der Waals surface area contributed by atoms with Gasteiger partial charge < -0.3 is 14.6 Å². The molecule has 102 valence electrons. The highest BCUT2D eigenvalue weighted by atomic mass is 19.4. The zero-order valence-electron chi connectivity index (χ0n) is 10.3. The molecule has 0 saturated carbocycles. The highest BCUT2D eigenvalue weighted by Crippen LogP contribution is 2.37. The monoisotopic (exact) mass is 264 g/mol. The molecule has 0 amide bonds. The predicted octanol–water partition coefficient (Wildman–Crippen LogP) is 3.08. The van der Waals surface area contributed by atoms with E-state index in [0.29, 0.717) is 5.75 Å². The van der Waals surface area contributed by atoms with Gasteiger partial charge in [0.05, 0.1) is 13.2 Å². The average molecular weight is 264 g/mol. The van der Waals surface area contributed by atoms with Gasteiger partial charge in [-0.25, -0.2) is 0 Å². The Hall–Kier alpha value is -1.43. The Kier molecular flexibility index (Phi) is 4.45. The summed E-state index contributed by atoms with van der Waals surface area (Å²) in [7, 11) is 1.39. The molecule has 0 aliphatic rings. The van der Waals surface area contributed by atoms with Gasteiger partial charge >= 0.3 is 6.18 Å². The molecule has 3 nitrogen and oxygen atoms in total. The van der Waals surface area contributed by atoms with Gasteiger partial charge in [0.2, 0.25) is 0 Å². The number of hydrogen-bond donors (Lipinski definition) is 1. The fraction of sp³-hybridized carbons (Fsp3) is 0.500. The summed E-state index contributed by atoms with van der Waals surface area (Å²) in [4.78, 5) is 0. The SMILES string of the molecule is COc1ccc(C(O)C(F)(F)F)cc1OC(C)C. The third kappa shape index (κ3) is 3.53. The van der Waals surface area contributed by atoms with Crippen LogP contribution in [0.1, 0.15) is 25.5 Å². The second kappa shape index (κ2) is 5.48. The van der Waals surface area contributed by atoms with Gasteiger partial charge in [-0.1, -0.05) is 6.07 Å². The van der Waals surface area contributed by atoms with Crippen molar-refractivity contribution < 1.29 is 27.8 Å². The van der Waals surface area contributed by atoms with Crippen molar-refractivity contribution in [3.05, 3.63) is 23.8 Å². The van der Waals surface area contributed by atoms with E-state index in [1.54, 1.807) is 13.8 Å². The number of aliphatic hydroxyl groups excluding tert-OH is 1. The van der Waals surface area contributed by atoms with E-state index in [-0.39, 0.29) is 17.4 Å². The van der Waals surface area contributed by atoms with E-state index in [9.17, 15) is 13.2 Å². The molecule has 1 aromatic rings. The second-order valence-corrected chi connectivity index (χ2v) is 4.02. The normalized spacial score (nSPS) is 13.6. The summed E-state index contributed by atoms with van der Waals surface area (Å²) in [6.45, 7) is 3.48. The summed E-state index contributed by atoms with van der Waals surface area (Å²) in [5.74, 6) is 0.495. The van der Waals surface area contributed by atoms with Crippen LogP contribution in [0.25, 0.3) is 0 Å². The number of rotatable bonds is 4. The van der Waals surface area contributed by atoms with E-state index >= 15 is 0 Å². The van der Waals surface area contributed by atoms with Crippen LogP contribution in [0.15, 0.2) is 18.2 Å². The van der Waals surface area contributed by atoms with Gasteiger partial charge in [0.1, 0.15) is 0 Å². The lowest BCUT2D eigenvalue weighted by atomic mass is 10.1. The van der Waals surface area contributed by atoms with Crippen LogP contribution < -0.4 is 9.47 Å². The standard InChI is InChI=1S/C12H15F3O3/c1-7(2)18-10-6-8(4-5-9(10)17-3)11(16)12(13,14)15/h4-7,11,16H,1-3H3. The maximum atomic E-state index is 12.4. The van der Waals surface area contributed by atoms with Crippen LogP contribution in [0.5, 0.6) is 11.5 Å². The molecule has 0 aromatic heterocycles. The predicted molar refractivity (Wildman–Crippen MR) is 59.8 cm³/mol. The molecule has 1 atom stereocenters. The molecule has 0 fully saturated rings. The number of methoxy groups -OCH3 is 1. The maximum Gasteiger partial charge on any atom is 0.418 e. The first-order chi connectivity index (χ1) is 8.25. The summed E-state index contributed by atoms with van der Waals surface area (Å²) in [6.07, 6.45) is -7.45. The topological polar surface area (TPSA) is 38.7 Å². The van der Waals surface area contributed by atoms with Gasteiger partial charge in [-0.3, -0.25) is 0 Å². The summed E-state index contributed by atoms with van der Waals surface area (Å²) < 4.78 is 47.5. The molecule has 0 aliphatic carbocycles. The third-order valence-electron chi connectivity index (χ3n) is 2.18. The minimum Gasteiger partial charge on any atom is -0.493 e. The molecular formula is C12H15F3O3. The molecule has 0 spiro atoms. The summed E-state index contributed by atoms with van der Waals surface area (Å²) in [5, 5.41) is 9.16. The fourth-order valence-corrected chi connectivity index (χ4v) is 1.40. The van der Waals surface area contributed by atoms with Crippen LogP contribution in [0.3, 0.4) is 0 Å². The van der Waals surface area contributed by atoms with E-state index in [1.165, 1.54) is 13.2 Å². The van der Waals surface area contributed by atoms with Crippen molar-refractivity contribution in [1.29, 1.82) is 0 Å². The first-order valence-electron chi connectivity index (χ1n) is 5.35. The van der Waals surface area contributed by atoms with Crippen molar-refractivity contribution in [3.63, 3.8) is 0 Å². The van der Waals surface area contributed by atoms with Gasteiger partial charge in [0.25, 0.3) is 0 Å². The lowest BCUT2D eigenvalue weighted by Crippen LogP contribution is -2.20. The number of alkyl halides is 3. The second-order valence-electron chi connectivity index (χ2n) is 4.02. The van der Waals surface area contributed by atoms with E-state index < -0.39 is 12.3 Å². The maximum absolute atomic E-state index is 12.4. The summed E-state index contributed by atoms with van der Waals surface area (Å²) >= 11 is 0. The number of halogens is 3. The van der Waals surface area contributed by atoms with E-state index in [0.717, 1.165) is 12.1 Å². The van der Waals surface area contributed by atoms with Gasteiger partial charge in [0.15, 0.2) is 17.6 Å². The van der Waals surface area contributed by atoms with Gasteiger partial charge in [-0.05, 0) is 31.5 Å². The zero-order chi connectivity index (χ0) is 13.9. The van der Waals surface area contributed by atoms with Crippen LogP contribution in [0.2, 0.25) is 0 Å². The highest BCUT2D eigenvalue weighted by Gasteiger charge is 2.39. The van der Waals surface area contributed by atoms with Crippen LogP contribution in [-0.2, 0) is 0 Å². The number of hydrogen-bond acceptors (Lipinski definition) is 3. The smallest absolute Gasteiger partial charge is 0.418 e. The Balaban J connectivity index is 3.10. The van der Waals surface area contributed by atoms with E-state index in [2.05, 4.69) is 0 Å². The quantitative estimate of drug-likeness (QED) is 0.908. The van der Waals surface area contributed by atoms with Crippen molar-refractivity contribution in [2.24, 2.45) is 0 Å². The van der Waals surface area contributed by atoms with Crippen molar-refractivity contribution in [2.75, 3.05) is 7.11 Å².